The summed E-state index contributed by atoms with van der Waals surface area (Å²) in [6.07, 6.45) is 0.871. The van der Waals surface area contributed by atoms with Gasteiger partial charge in [-0.15, -0.1) is 11.3 Å². The van der Waals surface area contributed by atoms with Gasteiger partial charge in [-0.1, -0.05) is 6.07 Å². The molecule has 0 aliphatic carbocycles. The van der Waals surface area contributed by atoms with Crippen LogP contribution in [0.25, 0.3) is 0 Å². The molecule has 18 heavy (non-hydrogen) atoms. The molecular weight excluding hydrogens is 359 g/mol. The normalized spacial score (nSPS) is 10.3. The number of nitrogens with two attached hydrogens (primary N) is 1. The molecule has 5 heteroatoms. The summed E-state index contributed by atoms with van der Waals surface area (Å²) in [5.74, 6) is -0.0514. The molecule has 0 saturated heterocycles. The van der Waals surface area contributed by atoms with E-state index in [1.165, 1.54) is 4.88 Å². The van der Waals surface area contributed by atoms with Gasteiger partial charge in [0.2, 0.25) is 0 Å². The van der Waals surface area contributed by atoms with Crippen molar-refractivity contribution in [2.24, 2.45) is 0 Å². The fourth-order valence-corrected chi connectivity index (χ4v) is 2.75. The second-order valence-electron chi connectivity index (χ2n) is 3.82. The molecule has 0 unspecified atom stereocenters. The molecule has 0 radical (unpaired) electrons. The summed E-state index contributed by atoms with van der Waals surface area (Å²) in [6.45, 7) is 0.653. The number of halogens is 1. The quantitative estimate of drug-likeness (QED) is 0.641. The monoisotopic (exact) mass is 372 g/mol. The number of amides is 1. The molecule has 94 valence electrons. The molecule has 0 bridgehead atoms. The maximum Gasteiger partial charge on any atom is 0.251 e. The van der Waals surface area contributed by atoms with Crippen LogP contribution in [-0.4, -0.2) is 12.5 Å². The van der Waals surface area contributed by atoms with Crippen molar-refractivity contribution in [2.45, 2.75) is 6.42 Å². The Balaban J connectivity index is 1.89. The average Bonchev–Trinajstić information content (AvgIpc) is 2.85. The Morgan fingerprint density at radius 3 is 2.89 bits per heavy atom. The minimum atomic E-state index is -0.0514. The molecule has 1 aromatic heterocycles. The van der Waals surface area contributed by atoms with Gasteiger partial charge in [-0.3, -0.25) is 4.79 Å². The lowest BCUT2D eigenvalue weighted by Crippen LogP contribution is -2.25. The number of thiophene rings is 1. The SMILES string of the molecule is Nc1ccc(C(=O)NCCc2cccs2)cc1I. The molecular formula is C13H13IN2OS. The van der Waals surface area contributed by atoms with E-state index in [0.717, 1.165) is 9.99 Å². The van der Waals surface area contributed by atoms with E-state index in [9.17, 15) is 4.79 Å². The Hall–Kier alpha value is -1.08. The molecule has 1 aromatic carbocycles. The van der Waals surface area contributed by atoms with Gasteiger partial charge in [-0.25, -0.2) is 0 Å². The minimum absolute atomic E-state index is 0.0514. The van der Waals surface area contributed by atoms with Gasteiger partial charge < -0.3 is 11.1 Å². The number of hydrogen-bond donors (Lipinski definition) is 2. The van der Waals surface area contributed by atoms with E-state index in [2.05, 4.69) is 34.0 Å². The molecule has 0 fully saturated rings. The van der Waals surface area contributed by atoms with Crippen LogP contribution in [0, 0.1) is 3.57 Å². The highest BCUT2D eigenvalue weighted by molar-refractivity contribution is 14.1. The van der Waals surface area contributed by atoms with Gasteiger partial charge >= 0.3 is 0 Å². The Bertz CT molecular complexity index is 540. The predicted molar refractivity (Wildman–Crippen MR) is 83.9 cm³/mol. The Morgan fingerprint density at radius 2 is 2.22 bits per heavy atom. The molecule has 0 aliphatic rings. The van der Waals surface area contributed by atoms with Crippen molar-refractivity contribution >= 4 is 45.5 Å². The van der Waals surface area contributed by atoms with Crippen LogP contribution in [-0.2, 0) is 6.42 Å². The van der Waals surface area contributed by atoms with Crippen LogP contribution in [0.4, 0.5) is 5.69 Å². The van der Waals surface area contributed by atoms with E-state index < -0.39 is 0 Å². The molecule has 3 N–H and O–H groups in total. The molecule has 3 nitrogen and oxygen atoms in total. The lowest BCUT2D eigenvalue weighted by Gasteiger charge is -2.06. The second kappa shape index (κ2) is 6.19. The van der Waals surface area contributed by atoms with Crippen molar-refractivity contribution in [3.05, 3.63) is 49.7 Å². The van der Waals surface area contributed by atoms with Crippen molar-refractivity contribution < 1.29 is 4.79 Å². The third-order valence-electron chi connectivity index (χ3n) is 2.50. The first-order valence-electron chi connectivity index (χ1n) is 5.52. The number of carbonyl (C=O) groups is 1. The maximum absolute atomic E-state index is 11.9. The van der Waals surface area contributed by atoms with Crippen LogP contribution in [0.2, 0.25) is 0 Å². The maximum atomic E-state index is 11.9. The lowest BCUT2D eigenvalue weighted by molar-refractivity contribution is 0.0954. The van der Waals surface area contributed by atoms with E-state index in [1.54, 1.807) is 29.5 Å². The zero-order valence-corrected chi connectivity index (χ0v) is 12.6. The number of carbonyl (C=O) groups excluding carboxylic acids is 1. The molecule has 0 saturated carbocycles. The summed E-state index contributed by atoms with van der Waals surface area (Å²) in [6, 6.07) is 9.40. The number of anilines is 1. The Morgan fingerprint density at radius 1 is 1.39 bits per heavy atom. The van der Waals surface area contributed by atoms with E-state index in [-0.39, 0.29) is 5.91 Å². The number of hydrogen-bond acceptors (Lipinski definition) is 3. The fraction of sp³-hybridized carbons (Fsp3) is 0.154. The molecule has 0 spiro atoms. The first kappa shape index (κ1) is 13.4. The summed E-state index contributed by atoms with van der Waals surface area (Å²) >= 11 is 3.83. The van der Waals surface area contributed by atoms with Gasteiger partial charge in [0.1, 0.15) is 0 Å². The fourth-order valence-electron chi connectivity index (χ4n) is 1.52. The zero-order chi connectivity index (χ0) is 13.0. The van der Waals surface area contributed by atoms with Crippen molar-refractivity contribution in [1.82, 2.24) is 5.32 Å². The second-order valence-corrected chi connectivity index (χ2v) is 6.02. The number of benzene rings is 1. The van der Waals surface area contributed by atoms with Crippen LogP contribution in [0.15, 0.2) is 35.7 Å². The largest absolute Gasteiger partial charge is 0.398 e. The van der Waals surface area contributed by atoms with Crippen molar-refractivity contribution in [1.29, 1.82) is 0 Å². The van der Waals surface area contributed by atoms with E-state index in [4.69, 9.17) is 5.73 Å². The summed E-state index contributed by atoms with van der Waals surface area (Å²) in [7, 11) is 0. The number of rotatable bonds is 4. The van der Waals surface area contributed by atoms with Crippen LogP contribution >= 0.6 is 33.9 Å². The van der Waals surface area contributed by atoms with Gasteiger partial charge in [0, 0.05) is 26.2 Å². The van der Waals surface area contributed by atoms with E-state index >= 15 is 0 Å². The number of nitrogens with one attached hydrogen (secondary N) is 1. The van der Waals surface area contributed by atoms with Crippen molar-refractivity contribution in [2.75, 3.05) is 12.3 Å². The minimum Gasteiger partial charge on any atom is -0.398 e. The molecule has 2 aromatic rings. The summed E-state index contributed by atoms with van der Waals surface area (Å²) in [4.78, 5) is 13.2. The highest BCUT2D eigenvalue weighted by atomic mass is 127. The zero-order valence-electron chi connectivity index (χ0n) is 9.65. The van der Waals surface area contributed by atoms with Crippen LogP contribution < -0.4 is 11.1 Å². The van der Waals surface area contributed by atoms with Gasteiger partial charge in [-0.2, -0.15) is 0 Å². The summed E-state index contributed by atoms with van der Waals surface area (Å²) in [5, 5.41) is 4.95. The van der Waals surface area contributed by atoms with Gasteiger partial charge in [0.15, 0.2) is 0 Å². The standard InChI is InChI=1S/C13H13IN2OS/c14-11-8-9(3-4-12(11)15)13(17)16-6-5-10-2-1-7-18-10/h1-4,7-8H,5-6,15H2,(H,16,17). The summed E-state index contributed by atoms with van der Waals surface area (Å²) in [5.41, 5.74) is 7.07. The first-order chi connectivity index (χ1) is 8.66. The van der Waals surface area contributed by atoms with Gasteiger partial charge in [0.05, 0.1) is 0 Å². The van der Waals surface area contributed by atoms with Crippen molar-refractivity contribution in [3.8, 4) is 0 Å². The first-order valence-corrected chi connectivity index (χ1v) is 7.48. The van der Waals surface area contributed by atoms with E-state index in [0.29, 0.717) is 17.8 Å². The van der Waals surface area contributed by atoms with Gasteiger partial charge in [0.25, 0.3) is 5.91 Å². The third-order valence-corrected chi connectivity index (χ3v) is 4.37. The predicted octanol–water partition coefficient (Wildman–Crippen LogP) is 2.91. The topological polar surface area (TPSA) is 55.1 Å². The lowest BCUT2D eigenvalue weighted by atomic mass is 10.2. The van der Waals surface area contributed by atoms with Crippen LogP contribution in [0.5, 0.6) is 0 Å². The van der Waals surface area contributed by atoms with Crippen molar-refractivity contribution in [3.63, 3.8) is 0 Å². The Labute approximate surface area is 124 Å². The molecule has 0 atom stereocenters. The molecule has 1 heterocycles. The number of nitrogen functional groups attached to an aromatic ring is 1. The smallest absolute Gasteiger partial charge is 0.251 e. The average molecular weight is 372 g/mol. The van der Waals surface area contributed by atoms with Crippen LogP contribution in [0.3, 0.4) is 0 Å². The summed E-state index contributed by atoms with van der Waals surface area (Å²) < 4.78 is 0.901. The molecule has 1 amide bonds. The van der Waals surface area contributed by atoms with Gasteiger partial charge in [-0.05, 0) is 58.7 Å². The Kier molecular flexibility index (Phi) is 4.60. The molecule has 0 aliphatic heterocycles. The highest BCUT2D eigenvalue weighted by Gasteiger charge is 2.06. The third kappa shape index (κ3) is 3.46. The van der Waals surface area contributed by atoms with Crippen LogP contribution in [0.1, 0.15) is 15.2 Å². The highest BCUT2D eigenvalue weighted by Crippen LogP contribution is 2.16. The van der Waals surface area contributed by atoms with E-state index in [1.807, 2.05) is 11.4 Å². The molecule has 2 rings (SSSR count).